The number of amides is 1. The Labute approximate surface area is 335 Å². The normalized spacial score (nSPS) is 19.2. The molecule has 3 atom stereocenters. The summed E-state index contributed by atoms with van der Waals surface area (Å²) >= 11 is 6.64. The molecule has 3 aromatic heterocycles. The number of ether oxygens (including phenoxy) is 1. The minimum atomic E-state index is -3.80. The number of carbonyl (C=O) groups is 1. The number of hydrogen-bond acceptors (Lipinski definition) is 9. The van der Waals surface area contributed by atoms with E-state index >= 15 is 8.78 Å². The number of benzene rings is 2. The Morgan fingerprint density at radius 1 is 1.16 bits per heavy atom. The van der Waals surface area contributed by atoms with E-state index in [0.29, 0.717) is 42.4 Å². The van der Waals surface area contributed by atoms with Crippen molar-refractivity contribution in [2.24, 2.45) is 13.0 Å². The molecular weight excluding hydrogens is 802 g/mol. The molecule has 1 fully saturated rings. The number of sulfonamides is 1. The van der Waals surface area contributed by atoms with Crippen LogP contribution in [0.1, 0.15) is 53.8 Å². The van der Waals surface area contributed by atoms with Gasteiger partial charge in [0.05, 0.1) is 40.5 Å². The molecule has 3 N–H and O–H groups in total. The largest absolute Gasteiger partial charge is 0.360 e. The molecule has 0 spiro atoms. The lowest BCUT2D eigenvalue weighted by molar-refractivity contribution is -0.123. The summed E-state index contributed by atoms with van der Waals surface area (Å²) in [6.07, 6.45) is 0.608. The van der Waals surface area contributed by atoms with Gasteiger partial charge in [-0.05, 0) is 61.6 Å². The predicted molar refractivity (Wildman–Crippen MR) is 206 cm³/mol. The van der Waals surface area contributed by atoms with Gasteiger partial charge in [-0.3, -0.25) is 18.9 Å². The number of rotatable bonds is 9. The second-order valence-electron chi connectivity index (χ2n) is 14.6. The predicted octanol–water partition coefficient (Wildman–Crippen LogP) is 5.12. The number of alkyl halides is 2. The van der Waals surface area contributed by atoms with Gasteiger partial charge in [0.15, 0.2) is 11.5 Å². The molecule has 302 valence electrons. The minimum Gasteiger partial charge on any atom is -0.360 e. The zero-order valence-corrected chi connectivity index (χ0v) is 33.1. The number of morpholine rings is 1. The Kier molecular flexibility index (Phi) is 10.7. The molecule has 13 nitrogen and oxygen atoms in total. The Morgan fingerprint density at radius 3 is 2.55 bits per heavy atom. The van der Waals surface area contributed by atoms with Gasteiger partial charge in [-0.1, -0.05) is 30.5 Å². The Balaban J connectivity index is 1.40. The molecule has 19 heteroatoms. The third-order valence-electron chi connectivity index (χ3n) is 9.97. The molecule has 0 bridgehead atoms. The molecule has 2 aliphatic rings. The Morgan fingerprint density at radius 2 is 1.88 bits per heavy atom. The van der Waals surface area contributed by atoms with Crippen LogP contribution in [0.3, 0.4) is 0 Å². The summed E-state index contributed by atoms with van der Waals surface area (Å²) in [5.41, 5.74) is 0.0892. The van der Waals surface area contributed by atoms with Gasteiger partial charge in [0.1, 0.15) is 41.2 Å². The van der Waals surface area contributed by atoms with E-state index in [0.717, 1.165) is 23.1 Å². The van der Waals surface area contributed by atoms with Crippen LogP contribution < -0.4 is 15.4 Å². The van der Waals surface area contributed by atoms with E-state index in [2.05, 4.69) is 37.4 Å². The highest BCUT2D eigenvalue weighted by Gasteiger charge is 2.51. The van der Waals surface area contributed by atoms with Gasteiger partial charge in [-0.15, -0.1) is 0 Å². The standard InChI is InChI=1S/C39H36ClF4N9O4S/c1-21-13-28-31(18-45)49-53(36(28)39(21,43)44)19-32(54)48-30(16-22-14-23(41)17-24(42)15-22)34-26(6-5-25(47-34)9-10-38(2)20-46-11-12-57-38)27-7-8-29(40)33-35(27)52(3)50-37(33)51-58(4,55)56/h5-8,14-15,17,21,30,46H,11-13,16,19-20H2,1-4H3,(H,48,54)(H,50,51)/t21-,30+,38-/m1/s1. The molecule has 58 heavy (non-hydrogen) atoms. The van der Waals surface area contributed by atoms with Crippen molar-refractivity contribution in [3.63, 3.8) is 0 Å². The molecular formula is C39H36ClF4N9O4S. The maximum atomic E-state index is 15.4. The topological polar surface area (TPSA) is 169 Å². The highest BCUT2D eigenvalue weighted by molar-refractivity contribution is 7.92. The van der Waals surface area contributed by atoms with Gasteiger partial charge in [0.2, 0.25) is 15.9 Å². The van der Waals surface area contributed by atoms with E-state index in [1.54, 1.807) is 25.2 Å². The zero-order chi connectivity index (χ0) is 41.7. The van der Waals surface area contributed by atoms with Crippen LogP contribution in [-0.4, -0.2) is 70.4 Å². The quantitative estimate of drug-likeness (QED) is 0.135. The summed E-state index contributed by atoms with van der Waals surface area (Å²) in [5.74, 6) is -1.00. The smallest absolute Gasteiger partial charge is 0.292 e. The summed E-state index contributed by atoms with van der Waals surface area (Å²) in [7, 11) is -2.23. The van der Waals surface area contributed by atoms with Crippen molar-refractivity contribution >= 4 is 44.3 Å². The number of anilines is 1. The second-order valence-corrected chi connectivity index (χ2v) is 16.7. The van der Waals surface area contributed by atoms with E-state index in [9.17, 15) is 27.3 Å². The number of halogens is 5. The summed E-state index contributed by atoms with van der Waals surface area (Å²) < 4.78 is 95.2. The van der Waals surface area contributed by atoms with E-state index in [1.807, 2.05) is 13.0 Å². The average Bonchev–Trinajstić information content (AvgIpc) is 3.74. The molecule has 0 radical (unpaired) electrons. The molecule has 1 saturated heterocycles. The van der Waals surface area contributed by atoms with Gasteiger partial charge in [0.25, 0.3) is 5.92 Å². The van der Waals surface area contributed by atoms with Crippen molar-refractivity contribution in [3.05, 3.63) is 93.0 Å². The van der Waals surface area contributed by atoms with Crippen LogP contribution in [0.5, 0.6) is 0 Å². The van der Waals surface area contributed by atoms with E-state index in [4.69, 9.17) is 21.3 Å². The molecule has 1 aliphatic carbocycles. The molecule has 5 aromatic rings. The number of carbonyl (C=O) groups excluding carboxylic acids is 1. The van der Waals surface area contributed by atoms with Crippen molar-refractivity contribution < 1.29 is 35.5 Å². The first-order valence-corrected chi connectivity index (χ1v) is 20.3. The SMILES string of the molecule is C[C@@H]1Cc2c(C#N)nn(CC(=O)N[C@@H](Cc3cc(F)cc(F)c3)c3nc(C#C[C@]4(C)CNCCO4)ccc3-c3ccc(Cl)c4c(NS(C)(=O)=O)nn(C)c34)c2C1(F)F. The summed E-state index contributed by atoms with van der Waals surface area (Å²) in [5, 5.41) is 24.6. The number of aromatic nitrogens is 5. The lowest BCUT2D eigenvalue weighted by Crippen LogP contribution is -2.46. The van der Waals surface area contributed by atoms with Crippen LogP contribution in [0.4, 0.5) is 23.4 Å². The highest BCUT2D eigenvalue weighted by Crippen LogP contribution is 2.47. The number of nitriles is 1. The van der Waals surface area contributed by atoms with Gasteiger partial charge in [-0.25, -0.2) is 22.2 Å². The third-order valence-corrected chi connectivity index (χ3v) is 10.9. The summed E-state index contributed by atoms with van der Waals surface area (Å²) in [6.45, 7) is 3.93. The van der Waals surface area contributed by atoms with E-state index in [-0.39, 0.29) is 57.3 Å². The van der Waals surface area contributed by atoms with Crippen molar-refractivity contribution in [1.82, 2.24) is 35.2 Å². The molecule has 0 unspecified atom stereocenters. The lowest BCUT2D eigenvalue weighted by Gasteiger charge is -2.29. The molecule has 2 aromatic carbocycles. The summed E-state index contributed by atoms with van der Waals surface area (Å²) in [6, 6.07) is 9.97. The maximum absolute atomic E-state index is 15.4. The molecule has 7 rings (SSSR count). The summed E-state index contributed by atoms with van der Waals surface area (Å²) in [4.78, 5) is 18.9. The van der Waals surface area contributed by atoms with Crippen LogP contribution in [0.2, 0.25) is 5.02 Å². The van der Waals surface area contributed by atoms with Crippen molar-refractivity contribution in [3.8, 4) is 29.0 Å². The van der Waals surface area contributed by atoms with Crippen LogP contribution in [-0.2, 0) is 51.9 Å². The third kappa shape index (κ3) is 8.10. The first kappa shape index (κ1) is 40.7. The van der Waals surface area contributed by atoms with Gasteiger partial charge in [-0.2, -0.15) is 24.2 Å². The molecule has 1 aliphatic heterocycles. The number of aryl methyl sites for hydroxylation is 1. The van der Waals surface area contributed by atoms with Crippen LogP contribution in [0, 0.1) is 40.7 Å². The fraction of sp³-hybridized carbons (Fsp3) is 0.359. The van der Waals surface area contributed by atoms with Gasteiger partial charge >= 0.3 is 0 Å². The first-order chi connectivity index (χ1) is 27.4. The molecule has 1 amide bonds. The first-order valence-electron chi connectivity index (χ1n) is 18.0. The second kappa shape index (κ2) is 15.3. The zero-order valence-electron chi connectivity index (χ0n) is 31.6. The van der Waals surface area contributed by atoms with Gasteiger partial charge < -0.3 is 15.4 Å². The van der Waals surface area contributed by atoms with E-state index in [1.165, 1.54) is 17.7 Å². The van der Waals surface area contributed by atoms with Crippen molar-refractivity contribution in [2.75, 3.05) is 30.7 Å². The number of nitrogens with one attached hydrogen (secondary N) is 3. The van der Waals surface area contributed by atoms with Gasteiger partial charge in [0, 0.05) is 48.8 Å². The number of pyridine rings is 1. The number of nitrogens with zero attached hydrogens (tertiary/aromatic N) is 6. The fourth-order valence-electron chi connectivity index (χ4n) is 7.38. The average molecular weight is 838 g/mol. The Hall–Kier alpha value is -5.53. The number of fused-ring (bicyclic) bond motifs is 2. The lowest BCUT2D eigenvalue weighted by atomic mass is 9.93. The monoisotopic (exact) mass is 837 g/mol. The fourth-order valence-corrected chi connectivity index (χ4v) is 8.11. The number of hydrogen-bond donors (Lipinski definition) is 3. The van der Waals surface area contributed by atoms with Crippen LogP contribution in [0.25, 0.3) is 22.0 Å². The molecule has 0 saturated carbocycles. The Bertz CT molecular complexity index is 2680. The van der Waals surface area contributed by atoms with Crippen molar-refractivity contribution in [2.45, 2.75) is 50.8 Å². The van der Waals surface area contributed by atoms with Crippen molar-refractivity contribution in [1.29, 1.82) is 5.26 Å². The van der Waals surface area contributed by atoms with Crippen LogP contribution in [0.15, 0.2) is 42.5 Å². The minimum absolute atomic E-state index is 0.0483. The van der Waals surface area contributed by atoms with E-state index < -0.39 is 63.3 Å². The van der Waals surface area contributed by atoms with Crippen LogP contribution >= 0.6 is 11.6 Å². The maximum Gasteiger partial charge on any atom is 0.292 e. The molecule has 4 heterocycles. The highest BCUT2D eigenvalue weighted by atomic mass is 35.5.